The van der Waals surface area contributed by atoms with Gasteiger partial charge >= 0.3 is 8.56 Å². The van der Waals surface area contributed by atoms with Crippen LogP contribution in [0, 0.1) is 111 Å². The first-order valence-corrected chi connectivity index (χ1v) is 45.4. The third-order valence-electron chi connectivity index (χ3n) is 18.6. The van der Waals surface area contributed by atoms with Gasteiger partial charge in [0.25, 0.3) is 0 Å². The minimum absolute atomic E-state index is 0.288. The highest BCUT2D eigenvalue weighted by Gasteiger charge is 2.39. The number of para-hydroxylation sites is 1. The molecule has 3 N–H and O–H groups in total. The number of aryl methyl sites for hydroxylation is 18. The zero-order valence-corrected chi connectivity index (χ0v) is 69.7. The molecule has 0 heterocycles. The van der Waals surface area contributed by atoms with Crippen molar-refractivity contribution in [2.45, 2.75) is 188 Å². The first-order chi connectivity index (χ1) is 49.4. The second kappa shape index (κ2) is 35.2. The maximum atomic E-state index is 10.2. The van der Waals surface area contributed by atoms with Gasteiger partial charge < -0.3 is 56.7 Å². The number of ether oxygens (including phenoxy) is 7. The van der Waals surface area contributed by atoms with Crippen LogP contribution in [0.15, 0.2) is 152 Å². The number of methoxy groups -OCH3 is 2. The fourth-order valence-electron chi connectivity index (χ4n) is 13.8. The van der Waals surface area contributed by atoms with Crippen molar-refractivity contribution in [1.29, 1.82) is 0 Å². The fraction of sp³-hybridized carbons (Fsp3) is 0.333. The van der Waals surface area contributed by atoms with Crippen LogP contribution in [-0.2, 0) is 21.1 Å². The fourth-order valence-corrected chi connectivity index (χ4v) is 27.9. The highest BCUT2D eigenvalue weighted by Crippen LogP contribution is 2.42. The molecule has 0 amide bonds. The lowest BCUT2D eigenvalue weighted by Gasteiger charge is -2.39. The summed E-state index contributed by atoms with van der Waals surface area (Å²) in [5.41, 5.74) is 21.1. The molecule has 0 radical (unpaired) electrons. The molecule has 0 fully saturated rings. The van der Waals surface area contributed by atoms with E-state index in [0.29, 0.717) is 51.7 Å². The first-order valence-electron chi connectivity index (χ1n) is 36.4. The predicted octanol–water partition coefficient (Wildman–Crippen LogP) is 25.5. The van der Waals surface area contributed by atoms with Crippen LogP contribution in [0.1, 0.15) is 113 Å². The lowest BCUT2D eigenvalue weighted by Crippen LogP contribution is -2.52. The van der Waals surface area contributed by atoms with Crippen molar-refractivity contribution < 1.29 is 56.7 Å². The van der Waals surface area contributed by atoms with Crippen molar-refractivity contribution in [3.8, 4) is 97.4 Å². The van der Waals surface area contributed by atoms with Crippen LogP contribution in [0.3, 0.4) is 0 Å². The molecule has 12 nitrogen and oxygen atoms in total. The van der Waals surface area contributed by atoms with Crippen LogP contribution in [0.25, 0.3) is 11.1 Å². The van der Waals surface area contributed by atoms with Gasteiger partial charge in [0.2, 0.25) is 0 Å². The molecule has 0 aromatic heterocycles. The molecule has 0 spiro atoms. The number of benzene rings is 10. The minimum atomic E-state index is -2.41. The van der Waals surface area contributed by atoms with E-state index >= 15 is 0 Å². The second-order valence-corrected chi connectivity index (χ2v) is 42.7. The van der Waals surface area contributed by atoms with Crippen LogP contribution in [0.4, 0.5) is 0 Å². The Morgan fingerprint density at radius 2 is 0.552 bits per heavy atom. The summed E-state index contributed by atoms with van der Waals surface area (Å²) in [5, 5.41) is 30.2. The number of aromatic hydroxyl groups is 3. The Kier molecular flexibility index (Phi) is 27.3. The quantitative estimate of drug-likeness (QED) is 0.0469. The molecule has 0 aliphatic carbocycles. The van der Waals surface area contributed by atoms with E-state index in [1.807, 2.05) is 174 Å². The molecule has 15 heteroatoms. The van der Waals surface area contributed by atoms with E-state index in [1.165, 1.54) is 44.5 Å². The number of hydrogen-bond donors (Lipinski definition) is 3. The number of rotatable bonds is 25. The Balaban J connectivity index is 0.000000329. The molecule has 0 unspecified atom stereocenters. The summed E-state index contributed by atoms with van der Waals surface area (Å²) >= 11 is 0. The zero-order valence-electron chi connectivity index (χ0n) is 66.7. The van der Waals surface area contributed by atoms with E-state index in [2.05, 4.69) is 128 Å². The molecule has 0 atom stereocenters. The van der Waals surface area contributed by atoms with Gasteiger partial charge in [-0.1, -0.05) is 89.0 Å². The maximum Gasteiger partial charge on any atom is 0.311 e. The Morgan fingerprint density at radius 3 is 0.838 bits per heavy atom. The molecule has 0 saturated carbocycles. The summed E-state index contributed by atoms with van der Waals surface area (Å²) in [6, 6.07) is 52.9. The monoisotopic (exact) mass is 1470 g/mol. The van der Waals surface area contributed by atoms with Crippen molar-refractivity contribution >= 4 is 25.2 Å². The van der Waals surface area contributed by atoms with E-state index in [9.17, 15) is 15.3 Å². The molecule has 0 bridgehead atoms. The maximum absolute atomic E-state index is 10.2. The van der Waals surface area contributed by atoms with E-state index in [4.69, 9.17) is 41.4 Å². The van der Waals surface area contributed by atoms with Crippen LogP contribution >= 0.6 is 0 Å². The second-order valence-electron chi connectivity index (χ2n) is 30.3. The van der Waals surface area contributed by atoms with E-state index < -0.39 is 25.2 Å². The average molecular weight is 1470 g/mol. The van der Waals surface area contributed by atoms with Crippen molar-refractivity contribution in [1.82, 2.24) is 0 Å². The van der Waals surface area contributed by atoms with Gasteiger partial charge in [0, 0.05) is 0 Å². The highest BCUT2D eigenvalue weighted by atomic mass is 28.5. The molecule has 10 rings (SSSR count). The van der Waals surface area contributed by atoms with Gasteiger partial charge in [-0.3, -0.25) is 0 Å². The Hall–Kier alpha value is -9.23. The Morgan fingerprint density at radius 1 is 0.286 bits per heavy atom. The largest absolute Gasteiger partial charge is 0.507 e. The SMILES string of the molecule is COc1cc(CCC[Si](C)(C)O[Si](C)(C)O[Si](C)(C)CCCc2ccc(Oc3cc(C)c(Oc4cc(C)c(O)c(C)c4)c(C)c3)c(OC)c2)ccc1Oc1cc(C)c(Oc2cc(C)c(O)c(C)c2)c(C)c1.Cc1cc(C)cc(-c2cc(C)cc(C)c2)c1.Cc1cc(Oc2c(C)cccc2C)cc(C)c1O. The third kappa shape index (κ3) is 22.9. The van der Waals surface area contributed by atoms with Gasteiger partial charge in [0.15, 0.2) is 39.6 Å². The summed E-state index contributed by atoms with van der Waals surface area (Å²) in [4.78, 5) is 0. The van der Waals surface area contributed by atoms with Gasteiger partial charge in [0.1, 0.15) is 63.2 Å². The lowest BCUT2D eigenvalue weighted by atomic mass is 9.98. The molecule has 10 aromatic carbocycles. The average Bonchev–Trinajstić information content (AvgIpc) is 0.822. The first kappa shape index (κ1) is 81.4. The van der Waals surface area contributed by atoms with Gasteiger partial charge in [-0.05, 0) is 362 Å². The standard InChI is InChI=1S/C58H76O10Si3.C16H18O2.C16H18/c1-37-27-49(28-38(2)55(37)59)65-57-41(5)31-47(32-42(57)6)63-51-23-21-45(35-53(51)61-9)19-17-25-69(11,12)67-71(15,16)68-70(13,14)26-18-20-46-22-24-52(54(36-46)62-10)64-48-33-43(7)58(44(8)34-48)66-50-29-39(3)56(60)40(4)30-50;1-10-6-5-7-11(2)16(10)18-14-8-12(3)15(17)13(4)9-14;1-11-5-12(2)8-15(7-11)16-9-13(3)6-14(4)10-16/h21-24,27-36,59-60H,17-20,25-26H2,1-16H3;5-9,17H,1-4H3;5-10H,1-4H3. The topological polar surface area (TPSA) is 144 Å². The summed E-state index contributed by atoms with van der Waals surface area (Å²) in [7, 11) is -3.14. The van der Waals surface area contributed by atoms with E-state index in [0.717, 1.165) is 128 Å². The number of phenolic OH excluding ortho intramolecular Hbond substituents is 3. The normalized spacial score (nSPS) is 11.5. The molecular weight excluding hydrogens is 1360 g/mol. The Labute approximate surface area is 629 Å². The summed E-state index contributed by atoms with van der Waals surface area (Å²) in [6.07, 6.45) is 3.82. The minimum Gasteiger partial charge on any atom is -0.507 e. The summed E-state index contributed by atoms with van der Waals surface area (Å²) in [5.74, 6) is 9.55. The molecular formula is C90H112O12Si3. The van der Waals surface area contributed by atoms with Crippen molar-refractivity contribution in [3.05, 3.63) is 252 Å². The lowest BCUT2D eigenvalue weighted by molar-refractivity contribution is 0.377. The van der Waals surface area contributed by atoms with Gasteiger partial charge in [-0.15, -0.1) is 0 Å². The highest BCUT2D eigenvalue weighted by molar-refractivity contribution is 6.87. The van der Waals surface area contributed by atoms with E-state index in [1.54, 1.807) is 14.2 Å². The van der Waals surface area contributed by atoms with E-state index in [-0.39, 0.29) is 11.5 Å². The molecule has 10 aromatic rings. The third-order valence-corrected chi connectivity index (χ3v) is 30.0. The number of phenols is 3. The van der Waals surface area contributed by atoms with Crippen molar-refractivity contribution in [2.75, 3.05) is 14.2 Å². The van der Waals surface area contributed by atoms with Crippen LogP contribution < -0.4 is 33.2 Å². The van der Waals surface area contributed by atoms with Crippen LogP contribution in [0.5, 0.6) is 86.2 Å². The summed E-state index contributed by atoms with van der Waals surface area (Å²) in [6.45, 7) is 45.6. The zero-order chi connectivity index (χ0) is 77.0. The molecule has 0 aliphatic heterocycles. The molecule has 0 aliphatic rings. The van der Waals surface area contributed by atoms with Gasteiger partial charge in [-0.25, -0.2) is 0 Å². The van der Waals surface area contributed by atoms with Crippen molar-refractivity contribution in [2.24, 2.45) is 0 Å². The summed E-state index contributed by atoms with van der Waals surface area (Å²) < 4.78 is 56.9. The molecule has 0 saturated heterocycles. The smallest absolute Gasteiger partial charge is 0.311 e. The van der Waals surface area contributed by atoms with Crippen LogP contribution in [-0.4, -0.2) is 54.7 Å². The van der Waals surface area contributed by atoms with Crippen molar-refractivity contribution in [3.63, 3.8) is 0 Å². The Bertz CT molecular complexity index is 4310. The molecule has 105 heavy (non-hydrogen) atoms. The van der Waals surface area contributed by atoms with Gasteiger partial charge in [-0.2, -0.15) is 0 Å². The van der Waals surface area contributed by atoms with Gasteiger partial charge in [0.05, 0.1) is 14.2 Å². The molecule has 556 valence electrons. The van der Waals surface area contributed by atoms with Crippen LogP contribution in [0.2, 0.25) is 51.4 Å². The predicted molar refractivity (Wildman–Crippen MR) is 439 cm³/mol. The number of hydrogen-bond acceptors (Lipinski definition) is 12.